The second kappa shape index (κ2) is 4.65. The van der Waals surface area contributed by atoms with Crippen molar-refractivity contribution in [2.24, 2.45) is 0 Å². The Labute approximate surface area is 134 Å². The molecule has 1 aliphatic rings. The van der Waals surface area contributed by atoms with Crippen molar-refractivity contribution in [3.63, 3.8) is 0 Å². The van der Waals surface area contributed by atoms with Crippen LogP contribution in [0.5, 0.6) is 0 Å². The average molecular weight is 307 g/mol. The summed E-state index contributed by atoms with van der Waals surface area (Å²) < 4.78 is 0. The van der Waals surface area contributed by atoms with Gasteiger partial charge in [0.2, 0.25) is 0 Å². The monoisotopic (exact) mass is 306 g/mol. The van der Waals surface area contributed by atoms with Gasteiger partial charge >= 0.3 is 0 Å². The van der Waals surface area contributed by atoms with Crippen LogP contribution in [0.15, 0.2) is 54.6 Å². The van der Waals surface area contributed by atoms with Crippen molar-refractivity contribution in [3.8, 4) is 22.5 Å². The number of halogens is 1. The van der Waals surface area contributed by atoms with Crippen LogP contribution in [0.25, 0.3) is 22.5 Å². The van der Waals surface area contributed by atoms with E-state index in [1.165, 1.54) is 5.56 Å². The molecule has 0 N–H and O–H groups in total. The highest BCUT2D eigenvalue weighted by Crippen LogP contribution is 2.47. The molecule has 0 saturated heterocycles. The summed E-state index contributed by atoms with van der Waals surface area (Å²) in [4.78, 5) is 9.57. The largest absolute Gasteiger partial charge is 0.246 e. The Kier molecular flexibility index (Phi) is 2.85. The second-order valence-corrected chi connectivity index (χ2v) is 6.45. The highest BCUT2D eigenvalue weighted by molar-refractivity contribution is 6.32. The molecule has 108 valence electrons. The number of hydrogen-bond acceptors (Lipinski definition) is 2. The third-order valence-corrected chi connectivity index (χ3v) is 4.61. The van der Waals surface area contributed by atoms with Gasteiger partial charge in [-0.05, 0) is 5.56 Å². The Morgan fingerprint density at radius 3 is 2.27 bits per heavy atom. The highest BCUT2D eigenvalue weighted by atomic mass is 35.5. The molecule has 0 atom stereocenters. The molecular formula is C19H15ClN2. The first-order valence-electron chi connectivity index (χ1n) is 7.32. The first-order chi connectivity index (χ1) is 10.6. The lowest BCUT2D eigenvalue weighted by Crippen LogP contribution is -2.17. The molecule has 1 aliphatic carbocycles. The highest BCUT2D eigenvalue weighted by Gasteiger charge is 2.38. The van der Waals surface area contributed by atoms with Gasteiger partial charge in [0.05, 0.1) is 11.4 Å². The van der Waals surface area contributed by atoms with E-state index in [1.54, 1.807) is 0 Å². The molecule has 0 spiro atoms. The summed E-state index contributed by atoms with van der Waals surface area (Å²) in [6.45, 7) is 4.38. The van der Waals surface area contributed by atoms with Gasteiger partial charge in [0.15, 0.2) is 5.15 Å². The van der Waals surface area contributed by atoms with Crippen LogP contribution in [0, 0.1) is 0 Å². The van der Waals surface area contributed by atoms with Crippen LogP contribution >= 0.6 is 11.6 Å². The topological polar surface area (TPSA) is 25.8 Å². The number of benzene rings is 2. The maximum absolute atomic E-state index is 6.43. The first kappa shape index (κ1) is 13.5. The van der Waals surface area contributed by atoms with Crippen molar-refractivity contribution in [1.82, 2.24) is 9.97 Å². The van der Waals surface area contributed by atoms with Crippen molar-refractivity contribution in [3.05, 3.63) is 71.0 Å². The van der Waals surface area contributed by atoms with Gasteiger partial charge in [-0.3, -0.25) is 0 Å². The lowest BCUT2D eigenvalue weighted by molar-refractivity contribution is 0.636. The Morgan fingerprint density at radius 1 is 0.818 bits per heavy atom. The molecule has 1 aromatic heterocycles. The minimum atomic E-state index is -0.160. The molecule has 4 rings (SSSR count). The summed E-state index contributed by atoms with van der Waals surface area (Å²) in [5.41, 5.74) is 5.88. The standard InChI is InChI=1S/C19H15ClN2/c1-19(2)14-11-7-6-10-13(14)16-17(19)21-15(18(20)22-16)12-8-4-3-5-9-12/h3-11H,1-2H3. The quantitative estimate of drug-likeness (QED) is 0.625. The summed E-state index contributed by atoms with van der Waals surface area (Å²) >= 11 is 6.43. The maximum atomic E-state index is 6.43. The van der Waals surface area contributed by atoms with Gasteiger partial charge in [0.25, 0.3) is 0 Å². The molecule has 0 unspecified atom stereocenters. The number of hydrogen-bond donors (Lipinski definition) is 0. The zero-order chi connectivity index (χ0) is 15.3. The summed E-state index contributed by atoms with van der Waals surface area (Å²) in [5.74, 6) is 0. The Morgan fingerprint density at radius 2 is 1.50 bits per heavy atom. The molecule has 0 aliphatic heterocycles. The van der Waals surface area contributed by atoms with Crippen LogP contribution in [-0.2, 0) is 5.41 Å². The third kappa shape index (κ3) is 1.80. The molecule has 0 amide bonds. The van der Waals surface area contributed by atoms with Crippen molar-refractivity contribution in [1.29, 1.82) is 0 Å². The van der Waals surface area contributed by atoms with E-state index in [-0.39, 0.29) is 5.41 Å². The average Bonchev–Trinajstić information content (AvgIpc) is 2.76. The molecule has 22 heavy (non-hydrogen) atoms. The van der Waals surface area contributed by atoms with E-state index in [0.717, 1.165) is 28.2 Å². The smallest absolute Gasteiger partial charge is 0.156 e. The minimum absolute atomic E-state index is 0.160. The molecule has 0 bridgehead atoms. The van der Waals surface area contributed by atoms with Crippen LogP contribution in [0.4, 0.5) is 0 Å². The van der Waals surface area contributed by atoms with E-state index in [4.69, 9.17) is 16.6 Å². The van der Waals surface area contributed by atoms with Crippen LogP contribution < -0.4 is 0 Å². The molecule has 2 aromatic carbocycles. The normalized spacial score (nSPS) is 14.5. The minimum Gasteiger partial charge on any atom is -0.246 e. The zero-order valence-electron chi connectivity index (χ0n) is 12.5. The van der Waals surface area contributed by atoms with E-state index in [1.807, 2.05) is 36.4 Å². The fourth-order valence-electron chi connectivity index (χ4n) is 3.18. The Bertz CT molecular complexity index is 870. The first-order valence-corrected chi connectivity index (χ1v) is 7.70. The molecule has 2 nitrogen and oxygen atoms in total. The molecule has 0 fully saturated rings. The van der Waals surface area contributed by atoms with E-state index in [0.29, 0.717) is 5.15 Å². The SMILES string of the molecule is CC1(C)c2ccccc2-c2nc(Cl)c(-c3ccccc3)nc21. The molecular weight excluding hydrogens is 292 g/mol. The number of fused-ring (bicyclic) bond motifs is 3. The fraction of sp³-hybridized carbons (Fsp3) is 0.158. The van der Waals surface area contributed by atoms with Crippen molar-refractivity contribution in [2.45, 2.75) is 19.3 Å². The van der Waals surface area contributed by atoms with Gasteiger partial charge < -0.3 is 0 Å². The number of aromatic nitrogens is 2. The van der Waals surface area contributed by atoms with Gasteiger partial charge in [-0.1, -0.05) is 80.0 Å². The molecule has 0 radical (unpaired) electrons. The van der Waals surface area contributed by atoms with Crippen LogP contribution in [-0.4, -0.2) is 9.97 Å². The van der Waals surface area contributed by atoms with Gasteiger partial charge in [-0.2, -0.15) is 0 Å². The lowest BCUT2D eigenvalue weighted by Gasteiger charge is -2.20. The van der Waals surface area contributed by atoms with Gasteiger partial charge in [-0.25, -0.2) is 9.97 Å². The predicted molar refractivity (Wildman–Crippen MR) is 90.0 cm³/mol. The van der Waals surface area contributed by atoms with Crippen LogP contribution in [0.3, 0.4) is 0 Å². The van der Waals surface area contributed by atoms with E-state index in [2.05, 4.69) is 37.0 Å². The van der Waals surface area contributed by atoms with Gasteiger partial charge in [0.1, 0.15) is 5.69 Å². The van der Waals surface area contributed by atoms with Crippen LogP contribution in [0.1, 0.15) is 25.1 Å². The van der Waals surface area contributed by atoms with Gasteiger partial charge in [0, 0.05) is 16.5 Å². The molecule has 1 heterocycles. The number of nitrogens with zero attached hydrogens (tertiary/aromatic N) is 2. The second-order valence-electron chi connectivity index (χ2n) is 6.10. The number of rotatable bonds is 1. The van der Waals surface area contributed by atoms with E-state index < -0.39 is 0 Å². The van der Waals surface area contributed by atoms with E-state index >= 15 is 0 Å². The molecule has 0 saturated carbocycles. The zero-order valence-corrected chi connectivity index (χ0v) is 13.2. The van der Waals surface area contributed by atoms with Crippen molar-refractivity contribution < 1.29 is 0 Å². The third-order valence-electron chi connectivity index (χ3n) is 4.35. The molecule has 3 aromatic rings. The summed E-state index contributed by atoms with van der Waals surface area (Å²) in [6.07, 6.45) is 0. The summed E-state index contributed by atoms with van der Waals surface area (Å²) in [7, 11) is 0. The predicted octanol–water partition coefficient (Wildman–Crippen LogP) is 5.10. The van der Waals surface area contributed by atoms with E-state index in [9.17, 15) is 0 Å². The Balaban J connectivity index is 2.00. The Hall–Kier alpha value is -2.19. The summed E-state index contributed by atoms with van der Waals surface area (Å²) in [6, 6.07) is 18.3. The van der Waals surface area contributed by atoms with Crippen molar-refractivity contribution in [2.75, 3.05) is 0 Å². The fourth-order valence-corrected chi connectivity index (χ4v) is 3.42. The lowest BCUT2D eigenvalue weighted by atomic mass is 9.85. The van der Waals surface area contributed by atoms with Gasteiger partial charge in [-0.15, -0.1) is 0 Å². The maximum Gasteiger partial charge on any atom is 0.156 e. The van der Waals surface area contributed by atoms with Crippen LogP contribution in [0.2, 0.25) is 5.15 Å². The summed E-state index contributed by atoms with van der Waals surface area (Å²) in [5, 5.41) is 0.456. The van der Waals surface area contributed by atoms with Crippen molar-refractivity contribution >= 4 is 11.6 Å². The molecule has 3 heteroatoms.